The molecule has 7 heteroatoms. The van der Waals surface area contributed by atoms with E-state index in [2.05, 4.69) is 5.32 Å². The molecule has 118 valence electrons. The van der Waals surface area contributed by atoms with Crippen LogP contribution in [0.4, 0.5) is 5.69 Å². The Labute approximate surface area is 131 Å². The zero-order valence-corrected chi connectivity index (χ0v) is 12.2. The zero-order chi connectivity index (χ0) is 17.0. The van der Waals surface area contributed by atoms with Gasteiger partial charge in [-0.1, -0.05) is 30.3 Å². The third-order valence-electron chi connectivity index (χ3n) is 3.34. The molecule has 23 heavy (non-hydrogen) atoms. The molecule has 0 heterocycles. The second-order valence-electron chi connectivity index (χ2n) is 4.90. The second kappa shape index (κ2) is 6.69. The molecule has 0 radical (unpaired) electrons. The van der Waals surface area contributed by atoms with Crippen molar-refractivity contribution in [2.24, 2.45) is 0 Å². The van der Waals surface area contributed by atoms with Crippen molar-refractivity contribution in [2.45, 2.75) is 13.0 Å². The van der Waals surface area contributed by atoms with Crippen LogP contribution >= 0.6 is 0 Å². The van der Waals surface area contributed by atoms with Gasteiger partial charge in [0.2, 0.25) is 0 Å². The fourth-order valence-corrected chi connectivity index (χ4v) is 2.12. The summed E-state index contributed by atoms with van der Waals surface area (Å²) in [5.41, 5.74) is -0.0292. The lowest BCUT2D eigenvalue weighted by atomic mass is 10.0. The van der Waals surface area contributed by atoms with E-state index in [9.17, 15) is 19.7 Å². The van der Waals surface area contributed by atoms with Gasteiger partial charge in [-0.05, 0) is 18.6 Å². The van der Waals surface area contributed by atoms with Crippen molar-refractivity contribution >= 4 is 17.6 Å². The smallest absolute Gasteiger partial charge is 0.336 e. The van der Waals surface area contributed by atoms with Crippen LogP contribution < -0.4 is 5.32 Å². The molecular weight excluding hydrogens is 300 g/mol. The number of non-ortho nitro benzene ring substituents is 1. The minimum atomic E-state index is -1.32. The van der Waals surface area contributed by atoms with Crippen LogP contribution in [0.25, 0.3) is 0 Å². The third kappa shape index (κ3) is 3.70. The number of nitro groups is 1. The molecule has 0 saturated heterocycles. The van der Waals surface area contributed by atoms with Crippen LogP contribution in [-0.4, -0.2) is 21.9 Å². The van der Waals surface area contributed by atoms with Gasteiger partial charge in [-0.3, -0.25) is 14.9 Å². The van der Waals surface area contributed by atoms with Gasteiger partial charge in [-0.25, -0.2) is 4.79 Å². The standard InChI is InChI=1S/C16H14N2O5/c1-10(11-5-3-2-4-6-11)17-15(19)14-9-12(18(22)23)7-8-13(14)16(20)21/h2-10H,1H3,(H,17,19)(H,20,21). The highest BCUT2D eigenvalue weighted by Crippen LogP contribution is 2.20. The molecule has 2 aromatic carbocycles. The molecule has 0 aromatic heterocycles. The molecule has 1 amide bonds. The maximum absolute atomic E-state index is 12.3. The number of hydrogen-bond acceptors (Lipinski definition) is 4. The van der Waals surface area contributed by atoms with E-state index in [1.165, 1.54) is 0 Å². The van der Waals surface area contributed by atoms with E-state index in [0.29, 0.717) is 0 Å². The Kier molecular flexibility index (Phi) is 4.70. The van der Waals surface area contributed by atoms with Gasteiger partial charge in [-0.2, -0.15) is 0 Å². The quantitative estimate of drug-likeness (QED) is 0.651. The fourth-order valence-electron chi connectivity index (χ4n) is 2.12. The normalized spacial score (nSPS) is 11.5. The van der Waals surface area contributed by atoms with Crippen molar-refractivity contribution in [1.82, 2.24) is 5.32 Å². The first kappa shape index (κ1) is 16.2. The van der Waals surface area contributed by atoms with E-state index in [0.717, 1.165) is 23.8 Å². The molecule has 2 N–H and O–H groups in total. The summed E-state index contributed by atoms with van der Waals surface area (Å²) in [7, 11) is 0. The molecule has 1 atom stereocenters. The largest absolute Gasteiger partial charge is 0.478 e. The first-order valence-corrected chi connectivity index (χ1v) is 6.77. The van der Waals surface area contributed by atoms with E-state index < -0.39 is 16.8 Å². The highest BCUT2D eigenvalue weighted by Gasteiger charge is 2.21. The van der Waals surface area contributed by atoms with E-state index >= 15 is 0 Å². The lowest BCUT2D eigenvalue weighted by Crippen LogP contribution is -2.28. The van der Waals surface area contributed by atoms with E-state index in [1.54, 1.807) is 6.92 Å². The summed E-state index contributed by atoms with van der Waals surface area (Å²) in [6, 6.07) is 11.8. The molecular formula is C16H14N2O5. The number of benzene rings is 2. The third-order valence-corrected chi connectivity index (χ3v) is 3.34. The van der Waals surface area contributed by atoms with Crippen LogP contribution in [0.15, 0.2) is 48.5 Å². The molecule has 0 aliphatic rings. The zero-order valence-electron chi connectivity index (χ0n) is 12.2. The topological polar surface area (TPSA) is 110 Å². The maximum Gasteiger partial charge on any atom is 0.336 e. The van der Waals surface area contributed by atoms with Gasteiger partial charge < -0.3 is 10.4 Å². The highest BCUT2D eigenvalue weighted by molar-refractivity contribution is 6.05. The van der Waals surface area contributed by atoms with Crippen LogP contribution in [0.1, 0.15) is 39.2 Å². The SMILES string of the molecule is CC(NC(=O)c1cc([N+](=O)[O-])ccc1C(=O)O)c1ccccc1. The molecule has 0 aliphatic heterocycles. The van der Waals surface area contributed by atoms with Crippen molar-refractivity contribution in [3.8, 4) is 0 Å². The number of carboxylic acid groups (broad SMARTS) is 1. The Bertz CT molecular complexity index is 758. The number of nitrogens with zero attached hydrogens (tertiary/aromatic N) is 1. The number of carboxylic acids is 1. The van der Waals surface area contributed by atoms with Gasteiger partial charge in [0.1, 0.15) is 0 Å². The number of amides is 1. The van der Waals surface area contributed by atoms with Gasteiger partial charge in [0.15, 0.2) is 0 Å². The summed E-state index contributed by atoms with van der Waals surface area (Å²) in [5.74, 6) is -2.00. The first-order valence-electron chi connectivity index (χ1n) is 6.77. The maximum atomic E-state index is 12.3. The molecule has 0 saturated carbocycles. The summed E-state index contributed by atoms with van der Waals surface area (Å²) in [6.45, 7) is 1.74. The van der Waals surface area contributed by atoms with Crippen LogP contribution in [0.5, 0.6) is 0 Å². The minimum Gasteiger partial charge on any atom is -0.478 e. The molecule has 1 unspecified atom stereocenters. The van der Waals surface area contributed by atoms with Gasteiger partial charge in [0, 0.05) is 12.1 Å². The Hall–Kier alpha value is -3.22. The Morgan fingerprint density at radius 2 is 1.78 bits per heavy atom. The number of carbonyl (C=O) groups is 2. The molecule has 0 aliphatic carbocycles. The fraction of sp³-hybridized carbons (Fsp3) is 0.125. The average Bonchev–Trinajstić information content (AvgIpc) is 2.54. The summed E-state index contributed by atoms with van der Waals surface area (Å²) < 4.78 is 0. The molecule has 2 rings (SSSR count). The molecule has 0 bridgehead atoms. The van der Waals surface area contributed by atoms with E-state index in [-0.39, 0.29) is 22.9 Å². The number of aromatic carboxylic acids is 1. The van der Waals surface area contributed by atoms with Gasteiger partial charge in [0.25, 0.3) is 11.6 Å². The Morgan fingerprint density at radius 1 is 1.13 bits per heavy atom. The van der Waals surface area contributed by atoms with Gasteiger partial charge in [-0.15, -0.1) is 0 Å². The van der Waals surface area contributed by atoms with E-state index in [4.69, 9.17) is 5.11 Å². The number of hydrogen-bond donors (Lipinski definition) is 2. The summed E-state index contributed by atoms with van der Waals surface area (Å²) in [4.78, 5) is 33.7. The number of nitro benzene ring substituents is 1. The van der Waals surface area contributed by atoms with Crippen LogP contribution in [-0.2, 0) is 0 Å². The molecule has 0 spiro atoms. The van der Waals surface area contributed by atoms with Gasteiger partial charge >= 0.3 is 5.97 Å². The minimum absolute atomic E-state index is 0.241. The summed E-state index contributed by atoms with van der Waals surface area (Å²) in [5, 5.41) is 22.6. The molecule has 2 aromatic rings. The number of nitrogens with one attached hydrogen (secondary N) is 1. The average molecular weight is 314 g/mol. The highest BCUT2D eigenvalue weighted by atomic mass is 16.6. The van der Waals surface area contributed by atoms with Crippen LogP contribution in [0.2, 0.25) is 0 Å². The van der Waals surface area contributed by atoms with Crippen molar-refractivity contribution in [3.05, 3.63) is 75.3 Å². The molecule has 0 fully saturated rings. The lowest BCUT2D eigenvalue weighted by Gasteiger charge is -2.15. The Balaban J connectivity index is 2.32. The molecule has 7 nitrogen and oxygen atoms in total. The summed E-state index contributed by atoms with van der Waals surface area (Å²) in [6.07, 6.45) is 0. The first-order chi connectivity index (χ1) is 10.9. The number of rotatable bonds is 5. The van der Waals surface area contributed by atoms with Crippen LogP contribution in [0.3, 0.4) is 0 Å². The van der Waals surface area contributed by atoms with E-state index in [1.807, 2.05) is 30.3 Å². The van der Waals surface area contributed by atoms with Crippen molar-refractivity contribution < 1.29 is 19.6 Å². The van der Waals surface area contributed by atoms with Crippen LogP contribution in [0, 0.1) is 10.1 Å². The van der Waals surface area contributed by atoms with Crippen molar-refractivity contribution in [3.63, 3.8) is 0 Å². The summed E-state index contributed by atoms with van der Waals surface area (Å²) >= 11 is 0. The predicted octanol–water partition coefficient (Wildman–Crippen LogP) is 2.78. The second-order valence-corrected chi connectivity index (χ2v) is 4.90. The number of carbonyl (C=O) groups excluding carboxylic acids is 1. The monoisotopic (exact) mass is 314 g/mol. The predicted molar refractivity (Wildman–Crippen MR) is 82.4 cm³/mol. The lowest BCUT2D eigenvalue weighted by molar-refractivity contribution is -0.384. The van der Waals surface area contributed by atoms with Crippen molar-refractivity contribution in [1.29, 1.82) is 0 Å². The van der Waals surface area contributed by atoms with Crippen molar-refractivity contribution in [2.75, 3.05) is 0 Å². The van der Waals surface area contributed by atoms with Gasteiger partial charge in [0.05, 0.1) is 22.1 Å². The Morgan fingerprint density at radius 3 is 2.35 bits per heavy atom.